The van der Waals surface area contributed by atoms with E-state index < -0.39 is 5.97 Å². The molecule has 134 valence electrons. The number of thioether (sulfide) groups is 1. The maximum absolute atomic E-state index is 12.5. The van der Waals surface area contributed by atoms with Gasteiger partial charge in [-0.2, -0.15) is 0 Å². The van der Waals surface area contributed by atoms with E-state index >= 15 is 0 Å². The number of halogens is 1. The molecule has 0 bridgehead atoms. The molecule has 1 aliphatic rings. The predicted octanol–water partition coefficient (Wildman–Crippen LogP) is 4.32. The Labute approximate surface area is 173 Å². The highest BCUT2D eigenvalue weighted by atomic mass is 127. The molecule has 0 radical (unpaired) electrons. The summed E-state index contributed by atoms with van der Waals surface area (Å²) >= 11 is 8.58. The molecule has 0 N–H and O–H groups in total. The zero-order chi connectivity index (χ0) is 18.7. The zero-order valence-corrected chi connectivity index (χ0v) is 17.5. The summed E-state index contributed by atoms with van der Waals surface area (Å²) in [5.74, 6) is 0.469. The fourth-order valence-corrected chi connectivity index (χ4v) is 4.11. The van der Waals surface area contributed by atoms with E-state index in [0.717, 1.165) is 26.7 Å². The van der Waals surface area contributed by atoms with Gasteiger partial charge in [0.2, 0.25) is 0 Å². The molecule has 1 aromatic heterocycles. The van der Waals surface area contributed by atoms with Crippen LogP contribution >= 0.6 is 46.6 Å². The van der Waals surface area contributed by atoms with Crippen LogP contribution in [0.5, 0.6) is 0 Å². The van der Waals surface area contributed by atoms with Gasteiger partial charge in [0, 0.05) is 15.2 Å². The summed E-state index contributed by atoms with van der Waals surface area (Å²) in [5, 5.41) is 0. The van der Waals surface area contributed by atoms with Gasteiger partial charge in [-0.05, 0) is 53.8 Å². The summed E-state index contributed by atoms with van der Waals surface area (Å²) in [6.07, 6.45) is 1.64. The highest BCUT2D eigenvalue weighted by Crippen LogP contribution is 2.33. The van der Waals surface area contributed by atoms with E-state index in [1.165, 1.54) is 4.90 Å². The van der Waals surface area contributed by atoms with Gasteiger partial charge in [0.25, 0.3) is 5.91 Å². The normalized spacial score (nSPS) is 15.8. The van der Waals surface area contributed by atoms with Crippen molar-refractivity contribution in [2.24, 2.45) is 0 Å². The number of thiocarbonyl (C=S) groups is 1. The van der Waals surface area contributed by atoms with Crippen LogP contribution in [0.4, 0.5) is 0 Å². The van der Waals surface area contributed by atoms with E-state index in [2.05, 4.69) is 22.6 Å². The van der Waals surface area contributed by atoms with Crippen molar-refractivity contribution in [3.8, 4) is 11.3 Å². The average Bonchev–Trinajstić information content (AvgIpc) is 3.16. The van der Waals surface area contributed by atoms with Gasteiger partial charge in [0.05, 0.1) is 11.5 Å². The first-order valence-electron chi connectivity index (χ1n) is 7.74. The van der Waals surface area contributed by atoms with Gasteiger partial charge in [-0.15, -0.1) is 0 Å². The Morgan fingerprint density at radius 3 is 2.92 bits per heavy atom. The third-order valence-electron chi connectivity index (χ3n) is 3.48. The third kappa shape index (κ3) is 4.36. The van der Waals surface area contributed by atoms with Crippen LogP contribution in [-0.4, -0.2) is 34.2 Å². The second-order valence-electron chi connectivity index (χ2n) is 5.29. The quantitative estimate of drug-likeness (QED) is 0.265. The van der Waals surface area contributed by atoms with Crippen molar-refractivity contribution in [3.05, 3.63) is 50.6 Å². The number of rotatable bonds is 5. The van der Waals surface area contributed by atoms with Gasteiger partial charge in [0.1, 0.15) is 22.4 Å². The molecule has 1 aliphatic heterocycles. The first-order chi connectivity index (χ1) is 12.5. The molecule has 1 aromatic carbocycles. The predicted molar refractivity (Wildman–Crippen MR) is 113 cm³/mol. The van der Waals surface area contributed by atoms with E-state index in [1.807, 2.05) is 30.3 Å². The third-order valence-corrected chi connectivity index (χ3v) is 5.52. The molecule has 2 heterocycles. The molecule has 5 nitrogen and oxygen atoms in total. The first-order valence-corrected chi connectivity index (χ1v) is 10.0. The van der Waals surface area contributed by atoms with Crippen LogP contribution < -0.4 is 0 Å². The molecule has 0 spiro atoms. The Morgan fingerprint density at radius 2 is 2.19 bits per heavy atom. The summed E-state index contributed by atoms with van der Waals surface area (Å²) in [7, 11) is 0. The molecule has 1 amide bonds. The zero-order valence-electron chi connectivity index (χ0n) is 13.7. The highest BCUT2D eigenvalue weighted by molar-refractivity contribution is 14.1. The van der Waals surface area contributed by atoms with Gasteiger partial charge < -0.3 is 9.15 Å². The van der Waals surface area contributed by atoms with Crippen LogP contribution in [0.2, 0.25) is 0 Å². The summed E-state index contributed by atoms with van der Waals surface area (Å²) in [4.78, 5) is 25.8. The number of carbonyl (C=O) groups excluding carboxylic acids is 2. The second kappa shape index (κ2) is 8.36. The molecule has 8 heteroatoms. The maximum atomic E-state index is 12.5. The van der Waals surface area contributed by atoms with Gasteiger partial charge >= 0.3 is 5.97 Å². The second-order valence-corrected chi connectivity index (χ2v) is 8.21. The molecule has 2 aromatic rings. The molecule has 1 fully saturated rings. The van der Waals surface area contributed by atoms with Crippen molar-refractivity contribution in [1.29, 1.82) is 0 Å². The average molecular weight is 499 g/mol. The molecule has 26 heavy (non-hydrogen) atoms. The number of carbonyl (C=O) groups is 2. The topological polar surface area (TPSA) is 59.8 Å². The summed E-state index contributed by atoms with van der Waals surface area (Å²) in [5.41, 5.74) is 0.964. The lowest BCUT2D eigenvalue weighted by atomic mass is 10.2. The van der Waals surface area contributed by atoms with E-state index in [4.69, 9.17) is 21.4 Å². The molecule has 0 saturated carbocycles. The number of ether oxygens (including phenoxy) is 1. The number of hydrogen-bond donors (Lipinski definition) is 0. The number of nitrogens with zero attached hydrogens (tertiary/aromatic N) is 1. The minimum Gasteiger partial charge on any atom is -0.465 e. The number of esters is 1. The van der Waals surface area contributed by atoms with Crippen molar-refractivity contribution in [3.63, 3.8) is 0 Å². The Balaban J connectivity index is 1.77. The van der Waals surface area contributed by atoms with Crippen LogP contribution in [0, 0.1) is 3.57 Å². The smallest absolute Gasteiger partial charge is 0.326 e. The number of furan rings is 1. The highest BCUT2D eigenvalue weighted by Gasteiger charge is 2.34. The van der Waals surface area contributed by atoms with Crippen molar-refractivity contribution in [1.82, 2.24) is 4.90 Å². The van der Waals surface area contributed by atoms with Crippen molar-refractivity contribution in [2.45, 2.75) is 6.92 Å². The Hall–Kier alpha value is -1.65. The van der Waals surface area contributed by atoms with Crippen LogP contribution in [-0.2, 0) is 14.3 Å². The molecular weight excluding hydrogens is 485 g/mol. The fraction of sp³-hybridized carbons (Fsp3) is 0.167. The van der Waals surface area contributed by atoms with Crippen molar-refractivity contribution in [2.75, 3.05) is 13.2 Å². The summed E-state index contributed by atoms with van der Waals surface area (Å²) < 4.78 is 12.1. The number of hydrogen-bond acceptors (Lipinski definition) is 6. The maximum Gasteiger partial charge on any atom is 0.326 e. The standard InChI is InChI=1S/C18H14INO4S2/c1-2-23-16(21)10-20-17(22)15(26-18(20)25)9-13-6-7-14(24-13)11-4-3-5-12(19)8-11/h3-9H,2,10H2,1H3. The van der Waals surface area contributed by atoms with E-state index in [-0.39, 0.29) is 19.1 Å². The fourth-order valence-electron chi connectivity index (χ4n) is 2.33. The number of benzene rings is 1. The molecular formula is C18H14INO4S2. The minimum atomic E-state index is -0.482. The van der Waals surface area contributed by atoms with Gasteiger partial charge in [-0.1, -0.05) is 36.1 Å². The molecule has 0 aliphatic carbocycles. The van der Waals surface area contributed by atoms with E-state index in [0.29, 0.717) is 15.0 Å². The summed E-state index contributed by atoms with van der Waals surface area (Å²) in [6, 6.07) is 11.6. The van der Waals surface area contributed by atoms with E-state index in [9.17, 15) is 9.59 Å². The number of amides is 1. The van der Waals surface area contributed by atoms with Crippen LogP contribution in [0.1, 0.15) is 12.7 Å². The van der Waals surface area contributed by atoms with Crippen LogP contribution in [0.15, 0.2) is 45.7 Å². The minimum absolute atomic E-state index is 0.179. The lowest BCUT2D eigenvalue weighted by Gasteiger charge is -2.12. The van der Waals surface area contributed by atoms with Crippen LogP contribution in [0.25, 0.3) is 17.4 Å². The van der Waals surface area contributed by atoms with Gasteiger partial charge in [-0.3, -0.25) is 14.5 Å². The van der Waals surface area contributed by atoms with E-state index in [1.54, 1.807) is 19.1 Å². The van der Waals surface area contributed by atoms with Crippen molar-refractivity contribution >= 4 is 68.8 Å². The Kier molecular flexibility index (Phi) is 6.15. The largest absolute Gasteiger partial charge is 0.465 e. The molecule has 0 unspecified atom stereocenters. The lowest BCUT2D eigenvalue weighted by Crippen LogP contribution is -2.34. The Morgan fingerprint density at radius 1 is 1.38 bits per heavy atom. The van der Waals surface area contributed by atoms with Gasteiger partial charge in [-0.25, -0.2) is 0 Å². The molecule has 1 saturated heterocycles. The monoisotopic (exact) mass is 499 g/mol. The molecule has 0 atom stereocenters. The lowest BCUT2D eigenvalue weighted by molar-refractivity contribution is -0.145. The van der Waals surface area contributed by atoms with Gasteiger partial charge in [0.15, 0.2) is 0 Å². The summed E-state index contributed by atoms with van der Waals surface area (Å²) in [6.45, 7) is 1.79. The van der Waals surface area contributed by atoms with Crippen LogP contribution in [0.3, 0.4) is 0 Å². The van der Waals surface area contributed by atoms with Crippen molar-refractivity contribution < 1.29 is 18.7 Å². The molecule has 3 rings (SSSR count). The SMILES string of the molecule is CCOC(=O)CN1C(=O)C(=Cc2ccc(-c3cccc(I)c3)o2)SC1=S. The first kappa shape index (κ1) is 19.1. The Bertz CT molecular complexity index is 906.